The molecule has 0 saturated heterocycles. The molecule has 0 bridgehead atoms. The summed E-state index contributed by atoms with van der Waals surface area (Å²) in [5, 5.41) is 2.91. The smallest absolute Gasteiger partial charge is 0.229 e. The topological polar surface area (TPSA) is 93.1 Å². The molecule has 0 atom stereocenters. The van der Waals surface area contributed by atoms with E-state index in [-0.39, 0.29) is 12.3 Å². The van der Waals surface area contributed by atoms with Crippen LogP contribution in [0.2, 0.25) is 0 Å². The molecular weight excluding hydrogens is 412 g/mol. The fourth-order valence-corrected chi connectivity index (χ4v) is 3.98. The van der Waals surface area contributed by atoms with Gasteiger partial charge in [-0.15, -0.1) is 0 Å². The van der Waals surface area contributed by atoms with Crippen molar-refractivity contribution in [3.63, 3.8) is 0 Å². The monoisotopic (exact) mass is 434 g/mol. The summed E-state index contributed by atoms with van der Waals surface area (Å²) in [6, 6.07) is 22.4. The van der Waals surface area contributed by atoms with Crippen LogP contribution in [0.1, 0.15) is 11.1 Å². The van der Waals surface area contributed by atoms with Crippen LogP contribution in [0.4, 0.5) is 11.4 Å². The molecular formula is C23H22N4O3S. The quantitative estimate of drug-likeness (QED) is 0.464. The predicted molar refractivity (Wildman–Crippen MR) is 123 cm³/mol. The molecule has 2 N–H and O–H groups in total. The van der Waals surface area contributed by atoms with Gasteiger partial charge in [0.25, 0.3) is 0 Å². The highest BCUT2D eigenvalue weighted by Gasteiger charge is 2.08. The molecule has 4 aromatic rings. The molecule has 4 rings (SSSR count). The number of amides is 1. The maximum Gasteiger partial charge on any atom is 0.229 e. The summed E-state index contributed by atoms with van der Waals surface area (Å²) < 4.78 is 27.3. The van der Waals surface area contributed by atoms with Crippen LogP contribution in [0.25, 0.3) is 11.0 Å². The molecule has 0 aliphatic carbocycles. The van der Waals surface area contributed by atoms with E-state index in [1.807, 2.05) is 54.9 Å². The van der Waals surface area contributed by atoms with Gasteiger partial charge >= 0.3 is 0 Å². The second-order valence-corrected chi connectivity index (χ2v) is 9.11. The van der Waals surface area contributed by atoms with Gasteiger partial charge in [0.1, 0.15) is 0 Å². The summed E-state index contributed by atoms with van der Waals surface area (Å²) in [4.78, 5) is 16.9. The van der Waals surface area contributed by atoms with Gasteiger partial charge in [-0.2, -0.15) is 0 Å². The number of rotatable bonds is 7. The van der Waals surface area contributed by atoms with E-state index >= 15 is 0 Å². The lowest BCUT2D eigenvalue weighted by Gasteiger charge is -2.10. The zero-order valence-electron chi connectivity index (χ0n) is 16.9. The summed E-state index contributed by atoms with van der Waals surface area (Å²) in [5.74, 6) is -0.179. The Morgan fingerprint density at radius 3 is 2.45 bits per heavy atom. The molecule has 7 nitrogen and oxygen atoms in total. The number of sulfonamides is 1. The number of nitrogens with one attached hydrogen (secondary N) is 2. The number of imidazole rings is 1. The van der Waals surface area contributed by atoms with Crippen LogP contribution in [0.15, 0.2) is 79.1 Å². The first-order valence-electron chi connectivity index (χ1n) is 9.71. The molecule has 1 aromatic heterocycles. The second kappa shape index (κ2) is 8.61. The summed E-state index contributed by atoms with van der Waals surface area (Å²) in [7, 11) is -3.37. The maximum atomic E-state index is 12.5. The van der Waals surface area contributed by atoms with Crippen LogP contribution >= 0.6 is 0 Å². The zero-order valence-corrected chi connectivity index (χ0v) is 17.8. The van der Waals surface area contributed by atoms with E-state index in [9.17, 15) is 13.2 Å². The largest absolute Gasteiger partial charge is 0.326 e. The van der Waals surface area contributed by atoms with Crippen molar-refractivity contribution in [1.29, 1.82) is 0 Å². The van der Waals surface area contributed by atoms with E-state index in [1.54, 1.807) is 24.3 Å². The van der Waals surface area contributed by atoms with Gasteiger partial charge in [0.15, 0.2) is 0 Å². The first-order chi connectivity index (χ1) is 14.9. The first-order valence-corrected chi connectivity index (χ1v) is 11.6. The lowest BCUT2D eigenvalue weighted by atomic mass is 10.1. The molecule has 31 heavy (non-hydrogen) atoms. The van der Waals surface area contributed by atoms with Crippen molar-refractivity contribution in [2.45, 2.75) is 13.0 Å². The normalized spacial score (nSPS) is 11.4. The van der Waals surface area contributed by atoms with Crippen LogP contribution in [-0.4, -0.2) is 30.1 Å². The van der Waals surface area contributed by atoms with E-state index in [2.05, 4.69) is 19.6 Å². The molecule has 0 aliphatic heterocycles. The van der Waals surface area contributed by atoms with E-state index in [1.165, 1.54) is 0 Å². The SMILES string of the molecule is CS(=O)(=O)Nc1cccc(CC(=O)Nc2cccc(Cn3cnc4ccccc43)c2)c1. The highest BCUT2D eigenvalue weighted by Crippen LogP contribution is 2.17. The Balaban J connectivity index is 1.43. The summed E-state index contributed by atoms with van der Waals surface area (Å²) >= 11 is 0. The molecule has 158 valence electrons. The van der Waals surface area contributed by atoms with Gasteiger partial charge in [0.2, 0.25) is 15.9 Å². The summed E-state index contributed by atoms with van der Waals surface area (Å²) in [5.41, 5.74) is 4.89. The molecule has 0 saturated carbocycles. The number of aromatic nitrogens is 2. The van der Waals surface area contributed by atoms with Gasteiger partial charge in [-0.25, -0.2) is 13.4 Å². The fraction of sp³-hybridized carbons (Fsp3) is 0.130. The Labute approximate surface area is 180 Å². The Morgan fingerprint density at radius 2 is 1.65 bits per heavy atom. The highest BCUT2D eigenvalue weighted by molar-refractivity contribution is 7.92. The number of para-hydroxylation sites is 2. The molecule has 3 aromatic carbocycles. The summed E-state index contributed by atoms with van der Waals surface area (Å²) in [6.07, 6.45) is 3.04. The van der Waals surface area contributed by atoms with Crippen molar-refractivity contribution >= 4 is 38.3 Å². The maximum absolute atomic E-state index is 12.5. The van der Waals surface area contributed by atoms with Crippen LogP contribution in [0.3, 0.4) is 0 Å². The van der Waals surface area contributed by atoms with E-state index in [0.29, 0.717) is 23.5 Å². The van der Waals surface area contributed by atoms with Crippen LogP contribution in [-0.2, 0) is 27.8 Å². The molecule has 0 aliphatic rings. The third-order valence-electron chi connectivity index (χ3n) is 4.69. The number of anilines is 2. The standard InChI is InChI=1S/C23H22N4O3S/c1-31(29,30)26-20-9-4-6-17(12-20)14-23(28)25-19-8-5-7-18(13-19)15-27-16-24-21-10-2-3-11-22(21)27/h2-13,16,26H,14-15H2,1H3,(H,25,28). The number of hydrogen-bond acceptors (Lipinski definition) is 4. The second-order valence-electron chi connectivity index (χ2n) is 7.36. The van der Waals surface area contributed by atoms with Gasteiger partial charge in [-0.1, -0.05) is 36.4 Å². The Hall–Kier alpha value is -3.65. The van der Waals surface area contributed by atoms with Crippen LogP contribution in [0, 0.1) is 0 Å². The van der Waals surface area contributed by atoms with Crippen molar-refractivity contribution in [3.8, 4) is 0 Å². The number of carbonyl (C=O) groups excluding carboxylic acids is 1. The van der Waals surface area contributed by atoms with Crippen LogP contribution < -0.4 is 10.0 Å². The lowest BCUT2D eigenvalue weighted by Crippen LogP contribution is -2.15. The zero-order chi connectivity index (χ0) is 21.8. The van der Waals surface area contributed by atoms with Crippen LogP contribution in [0.5, 0.6) is 0 Å². The molecule has 8 heteroatoms. The average Bonchev–Trinajstić information content (AvgIpc) is 3.10. The van der Waals surface area contributed by atoms with Crippen molar-refractivity contribution < 1.29 is 13.2 Å². The van der Waals surface area contributed by atoms with Crippen molar-refractivity contribution in [1.82, 2.24) is 9.55 Å². The molecule has 0 spiro atoms. The van der Waals surface area contributed by atoms with Crippen molar-refractivity contribution in [2.24, 2.45) is 0 Å². The van der Waals surface area contributed by atoms with Gasteiger partial charge < -0.3 is 9.88 Å². The highest BCUT2D eigenvalue weighted by atomic mass is 32.2. The minimum absolute atomic E-state index is 0.135. The number of fused-ring (bicyclic) bond motifs is 1. The number of nitrogens with zero attached hydrogens (tertiary/aromatic N) is 2. The fourth-order valence-electron chi connectivity index (χ4n) is 3.43. The minimum Gasteiger partial charge on any atom is -0.326 e. The Morgan fingerprint density at radius 1 is 0.935 bits per heavy atom. The van der Waals surface area contributed by atoms with E-state index in [4.69, 9.17) is 0 Å². The van der Waals surface area contributed by atoms with E-state index in [0.717, 1.165) is 22.9 Å². The first kappa shape index (κ1) is 20.6. The number of carbonyl (C=O) groups is 1. The lowest BCUT2D eigenvalue weighted by molar-refractivity contribution is -0.115. The molecule has 1 amide bonds. The summed E-state index contributed by atoms with van der Waals surface area (Å²) in [6.45, 7) is 0.642. The van der Waals surface area contributed by atoms with Gasteiger partial charge in [0, 0.05) is 17.9 Å². The van der Waals surface area contributed by atoms with Crippen molar-refractivity contribution in [2.75, 3.05) is 16.3 Å². The molecule has 1 heterocycles. The molecule has 0 radical (unpaired) electrons. The van der Waals surface area contributed by atoms with E-state index < -0.39 is 10.0 Å². The Bertz CT molecular complexity index is 1350. The van der Waals surface area contributed by atoms with Gasteiger partial charge in [0.05, 0.1) is 30.0 Å². The van der Waals surface area contributed by atoms with Crippen molar-refractivity contribution in [3.05, 3.63) is 90.3 Å². The Kier molecular flexibility index (Phi) is 5.73. The third kappa shape index (κ3) is 5.49. The average molecular weight is 435 g/mol. The number of benzene rings is 3. The number of hydrogen-bond donors (Lipinski definition) is 2. The van der Waals surface area contributed by atoms with Gasteiger partial charge in [-0.3, -0.25) is 9.52 Å². The molecule has 0 fully saturated rings. The molecule has 0 unspecified atom stereocenters. The third-order valence-corrected chi connectivity index (χ3v) is 5.29. The van der Waals surface area contributed by atoms with Gasteiger partial charge in [-0.05, 0) is 47.5 Å². The minimum atomic E-state index is -3.37. The predicted octanol–water partition coefficient (Wildman–Crippen LogP) is 3.64.